The average molecular weight is 492 g/mol. The molecule has 7 nitrogen and oxygen atoms in total. The first-order valence-corrected chi connectivity index (χ1v) is 11.0. The molecule has 1 heterocycles. The predicted molar refractivity (Wildman–Crippen MR) is 123 cm³/mol. The number of aromatic nitrogens is 2. The number of hydrogen-bond acceptors (Lipinski definition) is 6. The number of methoxy groups -OCH3 is 2. The lowest BCUT2D eigenvalue weighted by atomic mass is 10.2. The minimum atomic E-state index is -0.215. The summed E-state index contributed by atoms with van der Waals surface area (Å²) in [5.74, 6) is 0.469. The summed E-state index contributed by atoms with van der Waals surface area (Å²) in [4.78, 5) is 30.1. The van der Waals surface area contributed by atoms with Crippen molar-refractivity contribution in [1.82, 2.24) is 9.55 Å². The molecule has 1 aromatic heterocycles. The van der Waals surface area contributed by atoms with Gasteiger partial charge in [0.2, 0.25) is 5.91 Å². The first-order chi connectivity index (χ1) is 14.4. The molecule has 9 heteroatoms. The van der Waals surface area contributed by atoms with Crippen LogP contribution in [-0.4, -0.2) is 42.0 Å². The van der Waals surface area contributed by atoms with Crippen LogP contribution in [-0.2, 0) is 16.1 Å². The molecular weight excluding hydrogens is 470 g/mol. The molecule has 0 radical (unpaired) electrons. The third-order valence-corrected chi connectivity index (χ3v) is 5.83. The van der Waals surface area contributed by atoms with Gasteiger partial charge in [-0.05, 0) is 42.8 Å². The van der Waals surface area contributed by atoms with Crippen molar-refractivity contribution >= 4 is 50.2 Å². The fourth-order valence-electron chi connectivity index (χ4n) is 2.90. The monoisotopic (exact) mass is 491 g/mol. The lowest BCUT2D eigenvalue weighted by Gasteiger charge is -2.14. The van der Waals surface area contributed by atoms with E-state index in [4.69, 9.17) is 9.47 Å². The first kappa shape index (κ1) is 22.3. The second-order valence-corrected chi connectivity index (χ2v) is 8.40. The molecule has 1 N–H and O–H groups in total. The summed E-state index contributed by atoms with van der Waals surface area (Å²) in [5.41, 5.74) is 2.03. The Morgan fingerprint density at radius 1 is 1.23 bits per heavy atom. The molecule has 0 atom stereocenters. The van der Waals surface area contributed by atoms with E-state index in [0.29, 0.717) is 40.6 Å². The highest BCUT2D eigenvalue weighted by Gasteiger charge is 2.15. The standard InChI is InChI=1S/C21H22BrN3O4S/c1-13-4-7-18(29-3)17(10-13)23-19(26)12-30-21-24-16-6-5-14(22)11-15(16)20(27)25(21)8-9-28-2/h4-7,10-11H,8-9,12H2,1-3H3,(H,23,26). The van der Waals surface area contributed by atoms with E-state index in [9.17, 15) is 9.59 Å². The van der Waals surface area contributed by atoms with E-state index in [1.165, 1.54) is 11.8 Å². The number of halogens is 1. The van der Waals surface area contributed by atoms with Crippen molar-refractivity contribution < 1.29 is 14.3 Å². The van der Waals surface area contributed by atoms with Gasteiger partial charge in [-0.1, -0.05) is 33.8 Å². The van der Waals surface area contributed by atoms with Crippen molar-refractivity contribution in [3.8, 4) is 5.75 Å². The Morgan fingerprint density at radius 2 is 2.03 bits per heavy atom. The van der Waals surface area contributed by atoms with Gasteiger partial charge in [0.05, 0.1) is 42.6 Å². The lowest BCUT2D eigenvalue weighted by Crippen LogP contribution is -2.26. The zero-order valence-corrected chi connectivity index (χ0v) is 19.3. The molecule has 3 aromatic rings. The number of carbonyl (C=O) groups excluding carboxylic acids is 1. The van der Waals surface area contributed by atoms with Crippen LogP contribution in [0.4, 0.5) is 5.69 Å². The molecule has 1 amide bonds. The molecule has 0 aliphatic carbocycles. The summed E-state index contributed by atoms with van der Waals surface area (Å²) in [6.45, 7) is 2.65. The van der Waals surface area contributed by atoms with Crippen LogP contribution in [0.5, 0.6) is 5.75 Å². The van der Waals surface area contributed by atoms with Crippen molar-refractivity contribution in [2.45, 2.75) is 18.6 Å². The van der Waals surface area contributed by atoms with Crippen LogP contribution >= 0.6 is 27.7 Å². The van der Waals surface area contributed by atoms with Gasteiger partial charge < -0.3 is 14.8 Å². The van der Waals surface area contributed by atoms with Crippen LogP contribution in [0, 0.1) is 6.92 Å². The number of thioether (sulfide) groups is 1. The lowest BCUT2D eigenvalue weighted by molar-refractivity contribution is -0.113. The second kappa shape index (κ2) is 10.1. The van der Waals surface area contributed by atoms with E-state index in [1.807, 2.05) is 31.2 Å². The molecule has 0 aliphatic heterocycles. The summed E-state index contributed by atoms with van der Waals surface area (Å²) in [6, 6.07) is 10.9. The Hall–Kier alpha value is -2.36. The van der Waals surface area contributed by atoms with Gasteiger partial charge in [-0.25, -0.2) is 4.98 Å². The molecule has 158 valence electrons. The summed E-state index contributed by atoms with van der Waals surface area (Å²) in [6.07, 6.45) is 0. The van der Waals surface area contributed by atoms with Crippen LogP contribution in [0.25, 0.3) is 10.9 Å². The number of ether oxygens (including phenoxy) is 2. The summed E-state index contributed by atoms with van der Waals surface area (Å²) in [5, 5.41) is 3.85. The molecule has 3 rings (SSSR count). The summed E-state index contributed by atoms with van der Waals surface area (Å²) >= 11 is 4.60. The normalized spacial score (nSPS) is 10.9. The minimum absolute atomic E-state index is 0.0958. The molecule has 0 saturated carbocycles. The number of aryl methyl sites for hydroxylation is 1. The highest BCUT2D eigenvalue weighted by Crippen LogP contribution is 2.26. The van der Waals surface area contributed by atoms with Gasteiger partial charge in [0.15, 0.2) is 5.16 Å². The quantitative estimate of drug-likeness (QED) is 0.380. The van der Waals surface area contributed by atoms with Gasteiger partial charge in [0.25, 0.3) is 5.56 Å². The van der Waals surface area contributed by atoms with E-state index in [2.05, 4.69) is 26.2 Å². The van der Waals surface area contributed by atoms with Crippen LogP contribution in [0.3, 0.4) is 0 Å². The van der Waals surface area contributed by atoms with Gasteiger partial charge in [0.1, 0.15) is 5.75 Å². The first-order valence-electron chi connectivity index (χ1n) is 9.19. The van der Waals surface area contributed by atoms with Gasteiger partial charge in [0, 0.05) is 11.6 Å². The Morgan fingerprint density at radius 3 is 2.77 bits per heavy atom. The van der Waals surface area contributed by atoms with E-state index >= 15 is 0 Å². The Labute approximate surface area is 186 Å². The van der Waals surface area contributed by atoms with Crippen molar-refractivity contribution in [2.75, 3.05) is 31.9 Å². The molecule has 0 aliphatic rings. The molecule has 0 bridgehead atoms. The smallest absolute Gasteiger partial charge is 0.262 e. The van der Waals surface area contributed by atoms with E-state index in [-0.39, 0.29) is 17.2 Å². The van der Waals surface area contributed by atoms with Gasteiger partial charge in [-0.2, -0.15) is 0 Å². The number of benzene rings is 2. The van der Waals surface area contributed by atoms with E-state index < -0.39 is 0 Å². The summed E-state index contributed by atoms with van der Waals surface area (Å²) < 4.78 is 12.8. The molecule has 0 spiro atoms. The number of fused-ring (bicyclic) bond motifs is 1. The van der Waals surface area contributed by atoms with E-state index in [0.717, 1.165) is 10.0 Å². The van der Waals surface area contributed by atoms with E-state index in [1.54, 1.807) is 30.9 Å². The second-order valence-electron chi connectivity index (χ2n) is 6.55. The third-order valence-electron chi connectivity index (χ3n) is 4.36. The fourth-order valence-corrected chi connectivity index (χ4v) is 4.08. The Balaban J connectivity index is 1.84. The Bertz CT molecular complexity index is 1130. The topological polar surface area (TPSA) is 82.4 Å². The average Bonchev–Trinajstić information content (AvgIpc) is 2.72. The SMILES string of the molecule is COCCn1c(SCC(=O)Nc2cc(C)ccc2OC)nc2ccc(Br)cc2c1=O. The fraction of sp³-hybridized carbons (Fsp3) is 0.286. The molecule has 30 heavy (non-hydrogen) atoms. The van der Waals surface area contributed by atoms with Gasteiger partial charge in [-0.15, -0.1) is 0 Å². The third kappa shape index (κ3) is 5.21. The summed E-state index contributed by atoms with van der Waals surface area (Å²) in [7, 11) is 3.13. The number of nitrogens with zero attached hydrogens (tertiary/aromatic N) is 2. The number of anilines is 1. The number of nitrogens with one attached hydrogen (secondary N) is 1. The van der Waals surface area contributed by atoms with Gasteiger partial charge >= 0.3 is 0 Å². The highest BCUT2D eigenvalue weighted by atomic mass is 79.9. The maximum absolute atomic E-state index is 13.0. The number of hydrogen-bond donors (Lipinski definition) is 1. The van der Waals surface area contributed by atoms with Gasteiger partial charge in [-0.3, -0.25) is 14.2 Å². The maximum Gasteiger partial charge on any atom is 0.262 e. The number of carbonyl (C=O) groups is 1. The minimum Gasteiger partial charge on any atom is -0.495 e. The van der Waals surface area contributed by atoms with Crippen LogP contribution in [0.15, 0.2) is 50.8 Å². The molecule has 0 saturated heterocycles. The molecular formula is C21H22BrN3O4S. The van der Waals surface area contributed by atoms with Crippen molar-refractivity contribution in [3.63, 3.8) is 0 Å². The largest absolute Gasteiger partial charge is 0.495 e. The maximum atomic E-state index is 13.0. The zero-order chi connectivity index (χ0) is 21.7. The van der Waals surface area contributed by atoms with Crippen molar-refractivity contribution in [1.29, 1.82) is 0 Å². The molecule has 2 aromatic carbocycles. The van der Waals surface area contributed by atoms with Crippen LogP contribution < -0.4 is 15.6 Å². The molecule has 0 fully saturated rings. The zero-order valence-electron chi connectivity index (χ0n) is 16.9. The molecule has 0 unspecified atom stereocenters. The van der Waals surface area contributed by atoms with Crippen LogP contribution in [0.2, 0.25) is 0 Å². The predicted octanol–water partition coefficient (Wildman–Crippen LogP) is 3.85. The highest BCUT2D eigenvalue weighted by molar-refractivity contribution is 9.10. The Kier molecular flexibility index (Phi) is 7.52. The van der Waals surface area contributed by atoms with Crippen molar-refractivity contribution in [3.05, 3.63) is 56.8 Å². The van der Waals surface area contributed by atoms with Crippen molar-refractivity contribution in [2.24, 2.45) is 0 Å². The van der Waals surface area contributed by atoms with Crippen LogP contribution in [0.1, 0.15) is 5.56 Å². The number of amides is 1. The number of rotatable bonds is 8.